The van der Waals surface area contributed by atoms with Crippen LogP contribution in [0.2, 0.25) is 0 Å². The van der Waals surface area contributed by atoms with Gasteiger partial charge in [0.15, 0.2) is 0 Å². The molecule has 1 heterocycles. The van der Waals surface area contributed by atoms with E-state index in [1.54, 1.807) is 6.33 Å². The molecule has 0 aliphatic rings. The largest absolute Gasteiger partial charge is 0.369 e. The minimum Gasteiger partial charge on any atom is -0.369 e. The summed E-state index contributed by atoms with van der Waals surface area (Å²) in [4.78, 5) is 8.59. The number of aryl methyl sites for hydroxylation is 2. The Morgan fingerprint density at radius 3 is 2.29 bits per heavy atom. The maximum absolute atomic E-state index is 4.33. The first-order valence-corrected chi connectivity index (χ1v) is 8.39. The van der Waals surface area contributed by atoms with Crippen molar-refractivity contribution in [1.82, 2.24) is 9.97 Å². The first kappa shape index (κ1) is 16.2. The zero-order chi connectivity index (χ0) is 15.4. The lowest BCUT2D eigenvalue weighted by Gasteiger charge is -2.15. The van der Waals surface area contributed by atoms with E-state index in [9.17, 15) is 0 Å². The lowest BCUT2D eigenvalue weighted by Crippen LogP contribution is -2.06. The van der Waals surface area contributed by atoms with Crippen molar-refractivity contribution in [2.24, 2.45) is 0 Å². The topological polar surface area (TPSA) is 49.8 Å². The number of halogens is 2. The highest BCUT2D eigenvalue weighted by molar-refractivity contribution is 9.11. The number of hydrogen-bond acceptors (Lipinski definition) is 4. The quantitative estimate of drug-likeness (QED) is 0.708. The van der Waals surface area contributed by atoms with E-state index in [2.05, 4.69) is 85.4 Å². The van der Waals surface area contributed by atoms with Crippen molar-refractivity contribution in [1.29, 1.82) is 0 Å². The molecule has 6 heteroatoms. The van der Waals surface area contributed by atoms with Gasteiger partial charge in [0.05, 0.1) is 0 Å². The molecule has 0 amide bonds. The van der Waals surface area contributed by atoms with Crippen LogP contribution in [-0.4, -0.2) is 16.5 Å². The molecule has 0 aliphatic heterocycles. The van der Waals surface area contributed by atoms with E-state index in [1.165, 1.54) is 0 Å². The van der Waals surface area contributed by atoms with Crippen molar-refractivity contribution in [3.8, 4) is 0 Å². The molecule has 21 heavy (non-hydrogen) atoms. The number of nitrogens with zero attached hydrogens (tertiary/aromatic N) is 2. The van der Waals surface area contributed by atoms with Crippen molar-refractivity contribution in [2.75, 3.05) is 17.2 Å². The van der Waals surface area contributed by atoms with E-state index < -0.39 is 0 Å². The van der Waals surface area contributed by atoms with E-state index in [0.29, 0.717) is 0 Å². The Kier molecular flexibility index (Phi) is 5.58. The van der Waals surface area contributed by atoms with Crippen LogP contribution in [0.3, 0.4) is 0 Å². The highest BCUT2D eigenvalue weighted by Crippen LogP contribution is 2.32. The minimum absolute atomic E-state index is 0.761. The highest BCUT2D eigenvalue weighted by atomic mass is 79.9. The van der Waals surface area contributed by atoms with Crippen LogP contribution in [0.25, 0.3) is 0 Å². The number of rotatable bonds is 5. The normalized spacial score (nSPS) is 10.5. The Morgan fingerprint density at radius 1 is 1.05 bits per heavy atom. The Morgan fingerprint density at radius 2 is 1.67 bits per heavy atom. The van der Waals surface area contributed by atoms with Gasteiger partial charge in [-0.05, 0) is 59.5 Å². The van der Waals surface area contributed by atoms with Crippen LogP contribution < -0.4 is 10.6 Å². The lowest BCUT2D eigenvalue weighted by molar-refractivity contribution is 0.962. The molecule has 4 nitrogen and oxygen atoms in total. The molecule has 0 fully saturated rings. The van der Waals surface area contributed by atoms with Crippen molar-refractivity contribution >= 4 is 49.2 Å². The molecule has 1 aromatic carbocycles. The van der Waals surface area contributed by atoms with Crippen LogP contribution >= 0.6 is 31.9 Å². The van der Waals surface area contributed by atoms with Crippen molar-refractivity contribution in [3.63, 3.8) is 0 Å². The third-order valence-electron chi connectivity index (χ3n) is 3.07. The number of aromatic nitrogens is 2. The van der Waals surface area contributed by atoms with Crippen molar-refractivity contribution in [3.05, 3.63) is 38.5 Å². The second-order valence-electron chi connectivity index (χ2n) is 4.85. The minimum atomic E-state index is 0.761. The summed E-state index contributed by atoms with van der Waals surface area (Å²) in [7, 11) is 0. The van der Waals surface area contributed by atoms with Gasteiger partial charge >= 0.3 is 0 Å². The van der Waals surface area contributed by atoms with Crippen LogP contribution in [-0.2, 0) is 0 Å². The predicted molar refractivity (Wildman–Crippen MR) is 95.4 cm³/mol. The second kappa shape index (κ2) is 7.22. The zero-order valence-electron chi connectivity index (χ0n) is 12.3. The first-order valence-electron chi connectivity index (χ1n) is 6.81. The SMILES string of the molecule is CCCNc1ncnc(Nc2c(C)cc(Br)cc2C)c1Br. The molecule has 0 bridgehead atoms. The predicted octanol–water partition coefficient (Wildman–Crippen LogP) is 5.18. The van der Waals surface area contributed by atoms with Crippen LogP contribution in [0.5, 0.6) is 0 Å². The molecule has 1 aromatic heterocycles. The van der Waals surface area contributed by atoms with Gasteiger partial charge in [-0.25, -0.2) is 9.97 Å². The van der Waals surface area contributed by atoms with Crippen molar-refractivity contribution in [2.45, 2.75) is 27.2 Å². The highest BCUT2D eigenvalue weighted by Gasteiger charge is 2.11. The monoisotopic (exact) mass is 412 g/mol. The van der Waals surface area contributed by atoms with E-state index in [-0.39, 0.29) is 0 Å². The van der Waals surface area contributed by atoms with Gasteiger partial charge in [0.1, 0.15) is 22.4 Å². The van der Waals surface area contributed by atoms with E-state index in [1.807, 2.05) is 0 Å². The maximum Gasteiger partial charge on any atom is 0.150 e. The van der Waals surface area contributed by atoms with E-state index in [4.69, 9.17) is 0 Å². The third kappa shape index (κ3) is 3.95. The fraction of sp³-hybridized carbons (Fsp3) is 0.333. The van der Waals surface area contributed by atoms with Gasteiger partial charge in [0.25, 0.3) is 0 Å². The Hall–Kier alpha value is -1.14. The molecule has 0 radical (unpaired) electrons. The zero-order valence-corrected chi connectivity index (χ0v) is 15.5. The molecule has 0 unspecified atom stereocenters. The molecule has 112 valence electrons. The smallest absolute Gasteiger partial charge is 0.150 e. The summed E-state index contributed by atoms with van der Waals surface area (Å²) in [5.41, 5.74) is 3.39. The molecule has 0 spiro atoms. The molecule has 2 rings (SSSR count). The molecule has 0 saturated carbocycles. The number of hydrogen-bond donors (Lipinski definition) is 2. The summed E-state index contributed by atoms with van der Waals surface area (Å²) in [5.74, 6) is 1.57. The summed E-state index contributed by atoms with van der Waals surface area (Å²) in [6.07, 6.45) is 2.61. The van der Waals surface area contributed by atoms with Gasteiger partial charge in [-0.15, -0.1) is 0 Å². The molecular formula is C15H18Br2N4. The fourth-order valence-electron chi connectivity index (χ4n) is 2.05. The van der Waals surface area contributed by atoms with Crippen LogP contribution in [0.4, 0.5) is 17.3 Å². The Bertz CT molecular complexity index is 621. The summed E-state index contributed by atoms with van der Waals surface area (Å²) in [6.45, 7) is 7.15. The lowest BCUT2D eigenvalue weighted by atomic mass is 10.1. The molecule has 2 N–H and O–H groups in total. The molecular weight excluding hydrogens is 396 g/mol. The molecule has 0 saturated heterocycles. The van der Waals surface area contributed by atoms with Crippen LogP contribution in [0, 0.1) is 13.8 Å². The number of nitrogens with one attached hydrogen (secondary N) is 2. The standard InChI is InChI=1S/C15H18Br2N4/c1-4-5-18-14-12(17)15(20-8-19-14)21-13-9(2)6-11(16)7-10(13)3/h6-8H,4-5H2,1-3H3,(H2,18,19,20,21). The van der Waals surface area contributed by atoms with Crippen molar-refractivity contribution < 1.29 is 0 Å². The van der Waals surface area contributed by atoms with E-state index >= 15 is 0 Å². The third-order valence-corrected chi connectivity index (χ3v) is 4.28. The summed E-state index contributed by atoms with van der Waals surface area (Å²) >= 11 is 7.09. The average molecular weight is 414 g/mol. The van der Waals surface area contributed by atoms with Gasteiger partial charge in [-0.2, -0.15) is 0 Å². The Labute approximate surface area is 142 Å². The van der Waals surface area contributed by atoms with Gasteiger partial charge in [0.2, 0.25) is 0 Å². The first-order chi connectivity index (χ1) is 10.0. The van der Waals surface area contributed by atoms with Crippen LogP contribution in [0.1, 0.15) is 24.5 Å². The van der Waals surface area contributed by atoms with E-state index in [0.717, 1.165) is 50.4 Å². The second-order valence-corrected chi connectivity index (χ2v) is 6.56. The van der Waals surface area contributed by atoms with Gasteiger partial charge < -0.3 is 10.6 Å². The fourth-order valence-corrected chi connectivity index (χ4v) is 3.18. The summed E-state index contributed by atoms with van der Waals surface area (Å²) < 4.78 is 1.93. The van der Waals surface area contributed by atoms with Gasteiger partial charge in [-0.3, -0.25) is 0 Å². The number of anilines is 3. The molecule has 0 atom stereocenters. The Balaban J connectivity index is 2.32. The van der Waals surface area contributed by atoms with Gasteiger partial charge in [0, 0.05) is 16.7 Å². The molecule has 2 aromatic rings. The molecule has 0 aliphatic carbocycles. The van der Waals surface area contributed by atoms with Gasteiger partial charge in [-0.1, -0.05) is 22.9 Å². The maximum atomic E-state index is 4.33. The average Bonchev–Trinajstić information content (AvgIpc) is 2.43. The summed E-state index contributed by atoms with van der Waals surface area (Å²) in [6, 6.07) is 4.17. The number of benzene rings is 1. The van der Waals surface area contributed by atoms with Crippen LogP contribution in [0.15, 0.2) is 27.4 Å². The summed E-state index contributed by atoms with van der Waals surface area (Å²) in [5, 5.41) is 6.68.